The first-order valence-electron chi connectivity index (χ1n) is 13.4. The Hall–Kier alpha value is -4.66. The first-order chi connectivity index (χ1) is 20.4. The first kappa shape index (κ1) is 30.3. The fraction of sp³-hybridized carbons (Fsp3) is 0.235. The Morgan fingerprint density at radius 3 is 1.60 bits per heavy atom. The molecule has 0 atom stereocenters. The van der Waals surface area contributed by atoms with E-state index < -0.39 is 5.97 Å². The number of carbonyl (C=O) groups excluding carboxylic acids is 2. The Bertz CT molecular complexity index is 1380. The van der Waals surface area contributed by atoms with Gasteiger partial charge in [-0.25, -0.2) is 0 Å². The SMILES string of the molecule is COc1ccc(COC(=O)Cc2ccc(OC)c(-c3cc(CC(=O)OCc4ccc(CO)cc4)ccc3CO)c2)cc1. The zero-order chi connectivity index (χ0) is 29.9. The quantitative estimate of drug-likeness (QED) is 0.218. The Balaban J connectivity index is 1.46. The number of esters is 2. The van der Waals surface area contributed by atoms with Gasteiger partial charge in [0.1, 0.15) is 24.7 Å². The molecule has 0 heterocycles. The molecule has 0 aliphatic rings. The lowest BCUT2D eigenvalue weighted by Crippen LogP contribution is -2.09. The van der Waals surface area contributed by atoms with Crippen molar-refractivity contribution in [3.63, 3.8) is 0 Å². The molecule has 0 radical (unpaired) electrons. The molecule has 0 unspecified atom stereocenters. The first-order valence-corrected chi connectivity index (χ1v) is 13.4. The Labute approximate surface area is 245 Å². The number of aliphatic hydroxyl groups excluding tert-OH is 2. The van der Waals surface area contributed by atoms with E-state index in [1.807, 2.05) is 36.4 Å². The highest BCUT2D eigenvalue weighted by Crippen LogP contribution is 2.34. The molecule has 218 valence electrons. The van der Waals surface area contributed by atoms with Crippen molar-refractivity contribution in [1.29, 1.82) is 0 Å². The van der Waals surface area contributed by atoms with E-state index in [-0.39, 0.29) is 45.2 Å². The average molecular weight is 571 g/mol. The zero-order valence-electron chi connectivity index (χ0n) is 23.7. The summed E-state index contributed by atoms with van der Waals surface area (Å²) in [5.41, 5.74) is 5.89. The lowest BCUT2D eigenvalue weighted by atomic mass is 9.94. The molecule has 0 aliphatic carbocycles. The number of benzene rings is 4. The summed E-state index contributed by atoms with van der Waals surface area (Å²) in [6.45, 7) is -0.00104. The third kappa shape index (κ3) is 8.19. The molecule has 0 saturated carbocycles. The predicted octanol–water partition coefficient (Wildman–Crippen LogP) is 4.93. The van der Waals surface area contributed by atoms with Crippen LogP contribution >= 0.6 is 0 Å². The van der Waals surface area contributed by atoms with Crippen LogP contribution in [-0.4, -0.2) is 36.4 Å². The zero-order valence-corrected chi connectivity index (χ0v) is 23.7. The summed E-state index contributed by atoms with van der Waals surface area (Å²) in [4.78, 5) is 25.2. The molecule has 0 aromatic heterocycles. The average Bonchev–Trinajstić information content (AvgIpc) is 3.03. The molecule has 8 heteroatoms. The predicted molar refractivity (Wildman–Crippen MR) is 157 cm³/mol. The number of hydrogen-bond donors (Lipinski definition) is 2. The van der Waals surface area contributed by atoms with E-state index in [4.69, 9.17) is 18.9 Å². The summed E-state index contributed by atoms with van der Waals surface area (Å²) in [6.07, 6.45) is 0.0834. The van der Waals surface area contributed by atoms with Gasteiger partial charge >= 0.3 is 11.9 Å². The number of ether oxygens (including phenoxy) is 4. The van der Waals surface area contributed by atoms with Gasteiger partial charge in [0.25, 0.3) is 0 Å². The second-order valence-corrected chi connectivity index (χ2v) is 9.68. The molecule has 0 bridgehead atoms. The number of aliphatic hydroxyl groups is 2. The standard InChI is InChI=1S/C34H34O8/c1-39-29-12-8-25(9-13-29)22-42-34(38)18-27-10-14-32(40-2)31(16-27)30-15-26(7-11-28(30)20-36)17-33(37)41-21-24-5-3-23(19-35)4-6-24/h3-16,35-36H,17-22H2,1-2H3. The number of rotatable bonds is 13. The summed E-state index contributed by atoms with van der Waals surface area (Å²) < 4.78 is 21.7. The lowest BCUT2D eigenvalue weighted by molar-refractivity contribution is -0.145. The van der Waals surface area contributed by atoms with Gasteiger partial charge in [-0.2, -0.15) is 0 Å². The minimum absolute atomic E-state index is 0.0348. The van der Waals surface area contributed by atoms with Gasteiger partial charge in [-0.15, -0.1) is 0 Å². The van der Waals surface area contributed by atoms with Crippen molar-refractivity contribution in [1.82, 2.24) is 0 Å². The molecule has 0 spiro atoms. The van der Waals surface area contributed by atoms with Crippen LogP contribution in [0, 0.1) is 0 Å². The molecule has 4 aromatic carbocycles. The number of hydrogen-bond acceptors (Lipinski definition) is 8. The largest absolute Gasteiger partial charge is 0.497 e. The van der Waals surface area contributed by atoms with Gasteiger partial charge < -0.3 is 29.2 Å². The highest BCUT2D eigenvalue weighted by molar-refractivity contribution is 5.79. The van der Waals surface area contributed by atoms with Gasteiger partial charge in [0.05, 0.1) is 40.3 Å². The van der Waals surface area contributed by atoms with Crippen LogP contribution in [0.1, 0.15) is 33.4 Å². The Kier molecular flexibility index (Phi) is 10.7. The second kappa shape index (κ2) is 14.8. The van der Waals surface area contributed by atoms with E-state index in [0.717, 1.165) is 22.4 Å². The van der Waals surface area contributed by atoms with Crippen LogP contribution in [0.2, 0.25) is 0 Å². The van der Waals surface area contributed by atoms with Gasteiger partial charge in [0, 0.05) is 5.56 Å². The molecule has 2 N–H and O–H groups in total. The highest BCUT2D eigenvalue weighted by Gasteiger charge is 2.16. The van der Waals surface area contributed by atoms with E-state index in [1.54, 1.807) is 62.8 Å². The van der Waals surface area contributed by atoms with E-state index in [9.17, 15) is 19.8 Å². The molecule has 0 fully saturated rings. The van der Waals surface area contributed by atoms with Crippen molar-refractivity contribution in [3.8, 4) is 22.6 Å². The monoisotopic (exact) mass is 570 g/mol. The van der Waals surface area contributed by atoms with E-state index in [0.29, 0.717) is 33.6 Å². The van der Waals surface area contributed by atoms with Crippen molar-refractivity contribution in [2.75, 3.05) is 14.2 Å². The topological polar surface area (TPSA) is 112 Å². The molecular formula is C34H34O8. The Morgan fingerprint density at radius 2 is 1.07 bits per heavy atom. The minimum Gasteiger partial charge on any atom is -0.497 e. The maximum Gasteiger partial charge on any atom is 0.310 e. The smallest absolute Gasteiger partial charge is 0.310 e. The van der Waals surface area contributed by atoms with Crippen LogP contribution in [0.5, 0.6) is 11.5 Å². The maximum absolute atomic E-state index is 12.6. The molecule has 0 saturated heterocycles. The molecule has 4 rings (SSSR count). The van der Waals surface area contributed by atoms with Gasteiger partial charge in [-0.1, -0.05) is 60.7 Å². The van der Waals surface area contributed by atoms with Gasteiger partial charge in [0.15, 0.2) is 0 Å². The molecule has 0 aliphatic heterocycles. The van der Waals surface area contributed by atoms with Gasteiger partial charge in [-0.05, 0) is 63.2 Å². The lowest BCUT2D eigenvalue weighted by Gasteiger charge is -2.15. The fourth-order valence-electron chi connectivity index (χ4n) is 4.42. The van der Waals surface area contributed by atoms with Gasteiger partial charge in [-0.3, -0.25) is 9.59 Å². The summed E-state index contributed by atoms with van der Waals surface area (Å²) in [6, 6.07) is 25.2. The van der Waals surface area contributed by atoms with Crippen LogP contribution in [0.4, 0.5) is 0 Å². The van der Waals surface area contributed by atoms with Crippen molar-refractivity contribution < 1.29 is 38.7 Å². The van der Waals surface area contributed by atoms with Crippen LogP contribution < -0.4 is 9.47 Å². The summed E-state index contributed by atoms with van der Waals surface area (Å²) in [5.74, 6) is 0.506. The van der Waals surface area contributed by atoms with Gasteiger partial charge in [0.2, 0.25) is 0 Å². The fourth-order valence-corrected chi connectivity index (χ4v) is 4.42. The number of methoxy groups -OCH3 is 2. The molecular weight excluding hydrogens is 536 g/mol. The van der Waals surface area contributed by atoms with E-state index in [1.165, 1.54) is 0 Å². The number of carbonyl (C=O) groups is 2. The molecule has 42 heavy (non-hydrogen) atoms. The molecule has 0 amide bonds. The summed E-state index contributed by atoms with van der Waals surface area (Å²) in [5, 5.41) is 19.2. The summed E-state index contributed by atoms with van der Waals surface area (Å²) in [7, 11) is 3.14. The maximum atomic E-state index is 12.6. The van der Waals surface area contributed by atoms with E-state index >= 15 is 0 Å². The third-order valence-corrected chi connectivity index (χ3v) is 6.76. The van der Waals surface area contributed by atoms with Crippen LogP contribution in [0.3, 0.4) is 0 Å². The molecule has 8 nitrogen and oxygen atoms in total. The van der Waals surface area contributed by atoms with Crippen molar-refractivity contribution in [2.45, 2.75) is 39.3 Å². The van der Waals surface area contributed by atoms with Crippen molar-refractivity contribution in [3.05, 3.63) is 118 Å². The minimum atomic E-state index is -0.399. The molecule has 4 aromatic rings. The Morgan fingerprint density at radius 1 is 0.571 bits per heavy atom. The van der Waals surface area contributed by atoms with Crippen LogP contribution in [0.15, 0.2) is 84.9 Å². The van der Waals surface area contributed by atoms with Crippen molar-refractivity contribution >= 4 is 11.9 Å². The second-order valence-electron chi connectivity index (χ2n) is 9.68. The van der Waals surface area contributed by atoms with E-state index in [2.05, 4.69) is 0 Å². The highest BCUT2D eigenvalue weighted by atomic mass is 16.5. The summed E-state index contributed by atoms with van der Waals surface area (Å²) >= 11 is 0. The van der Waals surface area contributed by atoms with Crippen LogP contribution in [-0.2, 0) is 58.3 Å². The van der Waals surface area contributed by atoms with Crippen LogP contribution in [0.25, 0.3) is 11.1 Å². The third-order valence-electron chi connectivity index (χ3n) is 6.76. The van der Waals surface area contributed by atoms with Crippen molar-refractivity contribution in [2.24, 2.45) is 0 Å². The normalized spacial score (nSPS) is 10.7.